The van der Waals surface area contributed by atoms with Gasteiger partial charge in [0.1, 0.15) is 6.04 Å². The molecule has 0 aromatic heterocycles. The van der Waals surface area contributed by atoms with Gasteiger partial charge in [0.05, 0.1) is 0 Å². The Morgan fingerprint density at radius 1 is 1.30 bits per heavy atom. The zero-order valence-electron chi connectivity index (χ0n) is 14.3. The Morgan fingerprint density at radius 3 is 2.70 bits per heavy atom. The van der Waals surface area contributed by atoms with Gasteiger partial charge in [-0.15, -0.1) is 0 Å². The minimum Gasteiger partial charge on any atom is -0.480 e. The molecule has 0 spiro atoms. The van der Waals surface area contributed by atoms with Gasteiger partial charge in [-0.3, -0.25) is 4.79 Å². The Balaban J connectivity index is 1.98. The maximum Gasteiger partial charge on any atom is 0.326 e. The third kappa shape index (κ3) is 4.57. The van der Waals surface area contributed by atoms with Crippen LogP contribution in [0.15, 0.2) is 35.5 Å². The van der Waals surface area contributed by atoms with Crippen LogP contribution in [0.4, 0.5) is 0 Å². The Kier molecular flexibility index (Phi) is 5.45. The fourth-order valence-electron chi connectivity index (χ4n) is 3.05. The molecule has 1 amide bonds. The number of aliphatic carboxylic acids is 1. The molecule has 2 unspecified atom stereocenters. The molecular formula is C19H27NO3. The molecule has 2 rings (SSSR count). The number of carbonyl (C=O) groups excluding carboxylic acids is 1. The molecule has 126 valence electrons. The Morgan fingerprint density at radius 2 is 2.04 bits per heavy atom. The number of hydrogen-bond acceptors (Lipinski definition) is 2. The molecule has 0 bridgehead atoms. The van der Waals surface area contributed by atoms with E-state index in [0.29, 0.717) is 12.3 Å². The van der Waals surface area contributed by atoms with Crippen molar-refractivity contribution < 1.29 is 14.7 Å². The summed E-state index contributed by atoms with van der Waals surface area (Å²) >= 11 is 0. The Bertz CT molecular complexity index is 564. The first-order valence-corrected chi connectivity index (χ1v) is 8.39. The average molecular weight is 317 g/mol. The number of hydrogen-bond donors (Lipinski definition) is 2. The number of nitrogens with one attached hydrogen (secondary N) is 1. The maximum absolute atomic E-state index is 12.1. The van der Waals surface area contributed by atoms with Gasteiger partial charge in [0, 0.05) is 5.41 Å². The summed E-state index contributed by atoms with van der Waals surface area (Å²) < 4.78 is 0. The molecule has 0 aliphatic heterocycles. The first kappa shape index (κ1) is 17.5. The molecule has 2 atom stereocenters. The van der Waals surface area contributed by atoms with Crippen molar-refractivity contribution in [2.75, 3.05) is 0 Å². The third-order valence-electron chi connectivity index (χ3n) is 4.52. The summed E-state index contributed by atoms with van der Waals surface area (Å²) in [5.41, 5.74) is 2.16. The first-order valence-electron chi connectivity index (χ1n) is 8.39. The quantitative estimate of drug-likeness (QED) is 0.814. The summed E-state index contributed by atoms with van der Waals surface area (Å²) in [5.74, 6) is -0.812. The van der Waals surface area contributed by atoms with E-state index >= 15 is 0 Å². The lowest BCUT2D eigenvalue weighted by atomic mass is 9.80. The molecule has 4 heteroatoms. The van der Waals surface area contributed by atoms with E-state index in [2.05, 4.69) is 29.6 Å². The van der Waals surface area contributed by atoms with E-state index in [9.17, 15) is 14.7 Å². The van der Waals surface area contributed by atoms with Gasteiger partial charge in [-0.2, -0.15) is 0 Å². The van der Waals surface area contributed by atoms with Gasteiger partial charge in [-0.1, -0.05) is 45.1 Å². The second-order valence-corrected chi connectivity index (χ2v) is 7.45. The van der Waals surface area contributed by atoms with Gasteiger partial charge in [0.2, 0.25) is 5.91 Å². The van der Waals surface area contributed by atoms with Crippen LogP contribution in [0.3, 0.4) is 0 Å². The molecule has 2 N–H and O–H groups in total. The Hall–Kier alpha value is -1.84. The van der Waals surface area contributed by atoms with Gasteiger partial charge in [-0.25, -0.2) is 4.79 Å². The fraction of sp³-hybridized carbons (Fsp3) is 0.579. The molecule has 2 aliphatic rings. The van der Waals surface area contributed by atoms with Crippen LogP contribution in [-0.4, -0.2) is 23.0 Å². The van der Waals surface area contributed by atoms with Crippen LogP contribution in [0.2, 0.25) is 0 Å². The summed E-state index contributed by atoms with van der Waals surface area (Å²) in [5, 5.41) is 12.1. The van der Waals surface area contributed by atoms with Crippen molar-refractivity contribution in [2.45, 2.75) is 58.9 Å². The predicted octanol–water partition coefficient (Wildman–Crippen LogP) is 3.60. The van der Waals surface area contributed by atoms with E-state index < -0.39 is 17.4 Å². The van der Waals surface area contributed by atoms with Crippen molar-refractivity contribution >= 4 is 11.9 Å². The van der Waals surface area contributed by atoms with Gasteiger partial charge < -0.3 is 10.4 Å². The van der Waals surface area contributed by atoms with Gasteiger partial charge in [0.25, 0.3) is 0 Å². The molecular weight excluding hydrogens is 290 g/mol. The topological polar surface area (TPSA) is 66.4 Å². The van der Waals surface area contributed by atoms with Gasteiger partial charge in [0.15, 0.2) is 0 Å². The van der Waals surface area contributed by atoms with E-state index in [-0.39, 0.29) is 5.91 Å². The minimum atomic E-state index is -0.956. The lowest BCUT2D eigenvalue weighted by Crippen LogP contribution is -2.45. The van der Waals surface area contributed by atoms with E-state index in [1.807, 2.05) is 0 Å². The van der Waals surface area contributed by atoms with Crippen molar-refractivity contribution in [2.24, 2.45) is 11.3 Å². The highest BCUT2D eigenvalue weighted by atomic mass is 16.4. The molecule has 4 nitrogen and oxygen atoms in total. The minimum absolute atomic E-state index is 0.217. The predicted molar refractivity (Wildman–Crippen MR) is 90.9 cm³/mol. The van der Waals surface area contributed by atoms with Crippen LogP contribution in [0.5, 0.6) is 0 Å². The molecule has 23 heavy (non-hydrogen) atoms. The van der Waals surface area contributed by atoms with Crippen LogP contribution in [-0.2, 0) is 9.59 Å². The SMILES string of the molecule is CC(C)(C)C(=O)NC(CCC1CC=CC2=C1C=CCC2)C(=O)O. The number of carbonyl (C=O) groups is 2. The second-order valence-electron chi connectivity index (χ2n) is 7.45. The second kappa shape index (κ2) is 7.16. The van der Waals surface area contributed by atoms with Crippen LogP contribution in [0, 0.1) is 11.3 Å². The third-order valence-corrected chi connectivity index (χ3v) is 4.52. The van der Waals surface area contributed by atoms with Crippen LogP contribution in [0.25, 0.3) is 0 Å². The number of carboxylic acids is 1. The first-order chi connectivity index (χ1) is 10.8. The van der Waals surface area contributed by atoms with E-state index in [0.717, 1.165) is 25.7 Å². The van der Waals surface area contributed by atoms with E-state index in [1.165, 1.54) is 11.1 Å². The molecule has 0 heterocycles. The largest absolute Gasteiger partial charge is 0.480 e. The van der Waals surface area contributed by atoms with E-state index in [1.54, 1.807) is 20.8 Å². The standard InChI is InChI=1S/C19H27NO3/c1-19(2,3)18(23)20-16(17(21)22)12-11-14-9-6-8-13-7-4-5-10-15(13)14/h5-6,8,10,14,16H,4,7,9,11-12H2,1-3H3,(H,20,23)(H,21,22). The van der Waals surface area contributed by atoms with Crippen molar-refractivity contribution in [1.82, 2.24) is 5.32 Å². The molecule has 0 radical (unpaired) electrons. The van der Waals surface area contributed by atoms with Crippen molar-refractivity contribution in [3.63, 3.8) is 0 Å². The van der Waals surface area contributed by atoms with Crippen molar-refractivity contribution in [1.29, 1.82) is 0 Å². The summed E-state index contributed by atoms with van der Waals surface area (Å²) in [4.78, 5) is 23.5. The van der Waals surface area contributed by atoms with Crippen LogP contribution < -0.4 is 5.32 Å². The average Bonchev–Trinajstić information content (AvgIpc) is 2.49. The number of amides is 1. The normalized spacial score (nSPS) is 21.8. The highest BCUT2D eigenvalue weighted by Crippen LogP contribution is 2.34. The van der Waals surface area contributed by atoms with Crippen molar-refractivity contribution in [3.8, 4) is 0 Å². The number of rotatable bonds is 5. The smallest absolute Gasteiger partial charge is 0.326 e. The van der Waals surface area contributed by atoms with E-state index in [4.69, 9.17) is 0 Å². The molecule has 0 saturated carbocycles. The zero-order valence-corrected chi connectivity index (χ0v) is 14.3. The highest BCUT2D eigenvalue weighted by molar-refractivity contribution is 5.86. The Labute approximate surface area is 138 Å². The van der Waals surface area contributed by atoms with Crippen molar-refractivity contribution in [3.05, 3.63) is 35.5 Å². The summed E-state index contributed by atoms with van der Waals surface area (Å²) in [6, 6.07) is -0.816. The summed E-state index contributed by atoms with van der Waals surface area (Å²) in [7, 11) is 0. The highest BCUT2D eigenvalue weighted by Gasteiger charge is 2.28. The summed E-state index contributed by atoms with van der Waals surface area (Å²) in [6.07, 6.45) is 13.1. The van der Waals surface area contributed by atoms with Crippen LogP contribution in [0.1, 0.15) is 52.9 Å². The number of carboxylic acid groups (broad SMARTS) is 1. The van der Waals surface area contributed by atoms with Gasteiger partial charge in [-0.05, 0) is 49.2 Å². The van der Waals surface area contributed by atoms with Crippen LogP contribution >= 0.6 is 0 Å². The molecule has 0 aromatic rings. The zero-order chi connectivity index (χ0) is 17.0. The molecule has 0 saturated heterocycles. The molecule has 0 aromatic carbocycles. The fourth-order valence-corrected chi connectivity index (χ4v) is 3.05. The molecule has 2 aliphatic carbocycles. The summed E-state index contributed by atoms with van der Waals surface area (Å²) in [6.45, 7) is 5.37. The lowest BCUT2D eigenvalue weighted by molar-refractivity contribution is -0.143. The molecule has 0 fully saturated rings. The van der Waals surface area contributed by atoms with Gasteiger partial charge >= 0.3 is 5.97 Å². The lowest BCUT2D eigenvalue weighted by Gasteiger charge is -2.27. The number of allylic oxidation sites excluding steroid dienone is 6. The monoisotopic (exact) mass is 317 g/mol. The maximum atomic E-state index is 12.1.